The van der Waals surface area contributed by atoms with E-state index < -0.39 is 0 Å². The van der Waals surface area contributed by atoms with Gasteiger partial charge in [0.15, 0.2) is 0 Å². The van der Waals surface area contributed by atoms with E-state index in [0.717, 1.165) is 70.5 Å². The Bertz CT molecular complexity index is 1890. The summed E-state index contributed by atoms with van der Waals surface area (Å²) in [6.07, 6.45) is 3.73. The fourth-order valence-corrected chi connectivity index (χ4v) is 7.59. The fourth-order valence-electron chi connectivity index (χ4n) is 6.93. The number of hydrogen-bond acceptors (Lipinski definition) is 7. The van der Waals surface area contributed by atoms with Crippen LogP contribution in [0.2, 0.25) is 10.0 Å². The molecule has 0 unspecified atom stereocenters. The van der Waals surface area contributed by atoms with Crippen LogP contribution in [0.25, 0.3) is 33.5 Å². The van der Waals surface area contributed by atoms with E-state index in [1.165, 1.54) is 0 Å². The highest BCUT2D eigenvalue weighted by atomic mass is 35.5. The van der Waals surface area contributed by atoms with Crippen molar-refractivity contribution in [2.45, 2.75) is 56.8 Å². The summed E-state index contributed by atoms with van der Waals surface area (Å²) in [5, 5.41) is 14.2. The number of hydrogen-bond donors (Lipinski definition) is 4. The molecule has 0 bridgehead atoms. The molecule has 3 aliphatic rings. The molecule has 49 heavy (non-hydrogen) atoms. The number of fused-ring (bicyclic) bond motifs is 1. The number of nitrogens with zero attached hydrogens (tertiary/aromatic N) is 1. The van der Waals surface area contributed by atoms with Gasteiger partial charge in [0.2, 0.25) is 17.7 Å². The summed E-state index contributed by atoms with van der Waals surface area (Å²) in [4.78, 5) is 27.9. The zero-order valence-corrected chi connectivity index (χ0v) is 28.8. The van der Waals surface area contributed by atoms with Crippen molar-refractivity contribution in [1.82, 2.24) is 26.3 Å². The average Bonchev–Trinajstić information content (AvgIpc) is 3.74. The summed E-state index contributed by atoms with van der Waals surface area (Å²) in [6, 6.07) is 22.5. The third-order valence-corrected chi connectivity index (χ3v) is 10.4. The van der Waals surface area contributed by atoms with E-state index in [-0.39, 0.29) is 29.9 Å². The summed E-state index contributed by atoms with van der Waals surface area (Å²) in [6.45, 7) is 2.59. The van der Waals surface area contributed by atoms with Crippen molar-refractivity contribution in [3.8, 4) is 45.1 Å². The van der Waals surface area contributed by atoms with Gasteiger partial charge in [0, 0.05) is 90.4 Å². The van der Waals surface area contributed by atoms with Crippen molar-refractivity contribution in [3.05, 3.63) is 87.9 Å². The number of aromatic nitrogens is 1. The monoisotopic (exact) mass is 699 g/mol. The molecule has 3 aliphatic heterocycles. The number of halogens is 2. The summed E-state index contributed by atoms with van der Waals surface area (Å²) in [5.41, 5.74) is 6.92. The first-order valence-electron chi connectivity index (χ1n) is 16.8. The largest absolute Gasteiger partial charge is 0.493 e. The fraction of sp³-hybridized carbons (Fsp3) is 0.342. The third-order valence-electron chi connectivity index (χ3n) is 9.55. The van der Waals surface area contributed by atoms with E-state index in [0.29, 0.717) is 54.2 Å². The van der Waals surface area contributed by atoms with E-state index >= 15 is 0 Å². The van der Waals surface area contributed by atoms with Crippen LogP contribution in [-0.4, -0.2) is 55.7 Å². The van der Waals surface area contributed by atoms with Crippen LogP contribution in [0.4, 0.5) is 0 Å². The predicted molar refractivity (Wildman–Crippen MR) is 192 cm³/mol. The van der Waals surface area contributed by atoms with Crippen LogP contribution in [0, 0.1) is 0 Å². The standard InChI is InChI=1S/C38H39Cl2N5O4/c1-48-38-23(19-41-20-24-10-14-34(46)43-24)9-13-32(45-38)30-7-3-6-28(37(30)40)27-5-2-4-26(36(27)39)22-8-12-29-31(16-17-49-33(29)18-22)42-21-25-11-15-35(47)44-25/h2-9,12-13,18,24-25,31,41-42H,10-11,14-17,19-21H2,1H3,(H,43,46)(H,44,47)/t24-,25-,31+/m0/s1. The summed E-state index contributed by atoms with van der Waals surface area (Å²) < 4.78 is 11.8. The summed E-state index contributed by atoms with van der Waals surface area (Å²) in [7, 11) is 1.61. The van der Waals surface area contributed by atoms with Gasteiger partial charge in [-0.2, -0.15) is 0 Å². The molecule has 3 aromatic carbocycles. The second-order valence-corrected chi connectivity index (χ2v) is 13.5. The Hall–Kier alpha value is -4.15. The second kappa shape index (κ2) is 14.8. The Morgan fingerprint density at radius 2 is 1.51 bits per heavy atom. The topological polar surface area (TPSA) is 114 Å². The lowest BCUT2D eigenvalue weighted by molar-refractivity contribution is -0.120. The number of benzene rings is 3. The van der Waals surface area contributed by atoms with Crippen LogP contribution in [0.1, 0.15) is 49.3 Å². The molecule has 3 atom stereocenters. The Kier molecular flexibility index (Phi) is 10.0. The van der Waals surface area contributed by atoms with E-state index in [4.69, 9.17) is 37.7 Å². The highest BCUT2D eigenvalue weighted by molar-refractivity contribution is 6.39. The molecule has 7 rings (SSSR count). The maximum Gasteiger partial charge on any atom is 0.220 e. The third kappa shape index (κ3) is 7.26. The Morgan fingerprint density at radius 3 is 2.20 bits per heavy atom. The van der Waals surface area contributed by atoms with Crippen LogP contribution in [0.15, 0.2) is 66.7 Å². The first kappa shape index (κ1) is 33.4. The quantitative estimate of drug-likeness (QED) is 0.142. The van der Waals surface area contributed by atoms with Gasteiger partial charge in [-0.25, -0.2) is 4.98 Å². The first-order chi connectivity index (χ1) is 23.9. The normalized spacial score (nSPS) is 20.0. The van der Waals surface area contributed by atoms with Crippen molar-refractivity contribution < 1.29 is 19.1 Å². The smallest absolute Gasteiger partial charge is 0.220 e. The van der Waals surface area contributed by atoms with Gasteiger partial charge in [0.25, 0.3) is 0 Å². The maximum absolute atomic E-state index is 11.6. The molecular weight excluding hydrogens is 661 g/mol. The lowest BCUT2D eigenvalue weighted by Gasteiger charge is -2.28. The molecule has 254 valence electrons. The zero-order chi connectivity index (χ0) is 33.9. The number of rotatable bonds is 11. The van der Waals surface area contributed by atoms with Crippen molar-refractivity contribution in [3.63, 3.8) is 0 Å². The van der Waals surface area contributed by atoms with Crippen molar-refractivity contribution >= 4 is 35.0 Å². The predicted octanol–water partition coefficient (Wildman–Crippen LogP) is 6.46. The van der Waals surface area contributed by atoms with Crippen molar-refractivity contribution in [1.29, 1.82) is 0 Å². The molecule has 1 aromatic heterocycles. The lowest BCUT2D eigenvalue weighted by Crippen LogP contribution is -2.38. The van der Waals surface area contributed by atoms with Gasteiger partial charge in [-0.3, -0.25) is 9.59 Å². The Morgan fingerprint density at radius 1 is 0.837 bits per heavy atom. The van der Waals surface area contributed by atoms with Gasteiger partial charge in [0.1, 0.15) is 5.75 Å². The molecule has 2 saturated heterocycles. The molecular formula is C38H39Cl2N5O4. The lowest BCUT2D eigenvalue weighted by atomic mass is 9.94. The maximum atomic E-state index is 11.6. The van der Waals surface area contributed by atoms with Crippen molar-refractivity contribution in [2.75, 3.05) is 26.8 Å². The van der Waals surface area contributed by atoms with Gasteiger partial charge in [-0.1, -0.05) is 77.8 Å². The molecule has 0 saturated carbocycles. The summed E-state index contributed by atoms with van der Waals surface area (Å²) >= 11 is 14.3. The highest BCUT2D eigenvalue weighted by Gasteiger charge is 2.26. The van der Waals surface area contributed by atoms with E-state index in [9.17, 15) is 9.59 Å². The zero-order valence-electron chi connectivity index (χ0n) is 27.3. The molecule has 0 spiro atoms. The molecule has 9 nitrogen and oxygen atoms in total. The number of methoxy groups -OCH3 is 1. The van der Waals surface area contributed by atoms with Crippen molar-refractivity contribution in [2.24, 2.45) is 0 Å². The Labute approximate surface area is 296 Å². The van der Waals surface area contributed by atoms with E-state index in [2.05, 4.69) is 39.5 Å². The minimum atomic E-state index is 0.103. The molecule has 2 amide bonds. The van der Waals surface area contributed by atoms with E-state index in [1.807, 2.05) is 48.5 Å². The average molecular weight is 701 g/mol. The molecule has 11 heteroatoms. The van der Waals surface area contributed by atoms with Gasteiger partial charge in [0.05, 0.1) is 29.5 Å². The molecule has 2 fully saturated rings. The molecule has 0 aliphatic carbocycles. The summed E-state index contributed by atoms with van der Waals surface area (Å²) in [5.74, 6) is 1.58. The number of carbonyl (C=O) groups is 2. The first-order valence-corrected chi connectivity index (χ1v) is 17.5. The molecule has 0 radical (unpaired) electrons. The molecule has 4 heterocycles. The van der Waals surface area contributed by atoms with Crippen LogP contribution in [0.3, 0.4) is 0 Å². The number of pyridine rings is 1. The number of nitrogens with one attached hydrogen (secondary N) is 4. The van der Waals surface area contributed by atoms with Gasteiger partial charge in [-0.15, -0.1) is 0 Å². The van der Waals surface area contributed by atoms with Gasteiger partial charge < -0.3 is 30.7 Å². The van der Waals surface area contributed by atoms with Crippen LogP contribution in [0.5, 0.6) is 11.6 Å². The van der Waals surface area contributed by atoms with E-state index in [1.54, 1.807) is 7.11 Å². The minimum Gasteiger partial charge on any atom is -0.493 e. The molecule has 4 aromatic rings. The number of carbonyl (C=O) groups excluding carboxylic acids is 2. The van der Waals surface area contributed by atoms with Gasteiger partial charge in [-0.05, 0) is 30.5 Å². The number of amides is 2. The Balaban J connectivity index is 1.10. The van der Waals surface area contributed by atoms with Crippen LogP contribution in [-0.2, 0) is 16.1 Å². The minimum absolute atomic E-state index is 0.103. The van der Waals surface area contributed by atoms with Crippen LogP contribution >= 0.6 is 23.2 Å². The molecule has 4 N–H and O–H groups in total. The van der Waals surface area contributed by atoms with Crippen LogP contribution < -0.4 is 30.7 Å². The number of ether oxygens (including phenoxy) is 2. The second-order valence-electron chi connectivity index (χ2n) is 12.8. The highest BCUT2D eigenvalue weighted by Crippen LogP contribution is 2.44. The SMILES string of the molecule is COc1nc(-c2cccc(-c3cccc(-c4ccc5c(c4)OCC[C@H]5NC[C@@H]4CCC(=O)N4)c3Cl)c2Cl)ccc1CNC[C@@H]1CCC(=O)N1. The van der Waals surface area contributed by atoms with Gasteiger partial charge >= 0.3 is 0 Å².